The van der Waals surface area contributed by atoms with Crippen LogP contribution in [0.4, 0.5) is 0 Å². The number of pyridine rings is 1. The summed E-state index contributed by atoms with van der Waals surface area (Å²) in [4.78, 5) is 9.15. The van der Waals surface area contributed by atoms with E-state index in [1.165, 1.54) is 11.1 Å². The molecule has 1 unspecified atom stereocenters. The van der Waals surface area contributed by atoms with E-state index in [4.69, 9.17) is 9.47 Å². The Hall–Kier alpha value is -2.77. The molecule has 6 heteroatoms. The highest BCUT2D eigenvalue weighted by molar-refractivity contribution is 5.32. The molecule has 0 amide bonds. The van der Waals surface area contributed by atoms with Crippen LogP contribution in [0, 0.1) is 0 Å². The average Bonchev–Trinajstić information content (AvgIpc) is 2.87. The van der Waals surface area contributed by atoms with E-state index in [1.807, 2.05) is 12.1 Å². The van der Waals surface area contributed by atoms with Crippen molar-refractivity contribution in [2.24, 2.45) is 0 Å². The van der Waals surface area contributed by atoms with Gasteiger partial charge in [0.2, 0.25) is 0 Å². The van der Waals surface area contributed by atoms with Crippen molar-refractivity contribution in [2.75, 3.05) is 46.4 Å². The molecule has 0 aliphatic carbocycles. The molecule has 1 atom stereocenters. The number of benzene rings is 2. The summed E-state index contributed by atoms with van der Waals surface area (Å²) in [5.74, 6) is 0.722. The van der Waals surface area contributed by atoms with Crippen molar-refractivity contribution in [2.45, 2.75) is 18.8 Å². The van der Waals surface area contributed by atoms with Gasteiger partial charge >= 0.3 is 0 Å². The number of hydrogen-bond acceptors (Lipinski definition) is 6. The third-order valence-corrected chi connectivity index (χ3v) is 6.07. The molecule has 3 aromatic rings. The zero-order valence-corrected chi connectivity index (χ0v) is 19.2. The van der Waals surface area contributed by atoms with Crippen LogP contribution >= 0.6 is 0 Å². The van der Waals surface area contributed by atoms with Gasteiger partial charge in [-0.25, -0.2) is 0 Å². The molecule has 1 aliphatic heterocycles. The summed E-state index contributed by atoms with van der Waals surface area (Å²) < 4.78 is 10.8. The normalized spacial score (nSPS) is 16.1. The second-order valence-corrected chi connectivity index (χ2v) is 8.42. The van der Waals surface area contributed by atoms with E-state index in [1.54, 1.807) is 13.3 Å². The Bertz CT molecular complexity index is 906. The molecule has 1 aliphatic rings. The zero-order chi connectivity index (χ0) is 22.9. The largest absolute Gasteiger partial charge is 0.495 e. The first kappa shape index (κ1) is 23.4. The zero-order valence-electron chi connectivity index (χ0n) is 19.2. The lowest BCUT2D eigenvalue weighted by Crippen LogP contribution is -2.50. The molecule has 0 radical (unpaired) electrons. The summed E-state index contributed by atoms with van der Waals surface area (Å²) >= 11 is 0. The maximum Gasteiger partial charge on any atom is 0.137 e. The van der Waals surface area contributed by atoms with E-state index < -0.39 is 6.10 Å². The lowest BCUT2D eigenvalue weighted by molar-refractivity contribution is -0.00146. The molecule has 0 bridgehead atoms. The van der Waals surface area contributed by atoms with Crippen molar-refractivity contribution in [1.82, 2.24) is 14.8 Å². The van der Waals surface area contributed by atoms with E-state index in [9.17, 15) is 5.11 Å². The minimum absolute atomic E-state index is 0.250. The van der Waals surface area contributed by atoms with Gasteiger partial charge < -0.3 is 14.6 Å². The van der Waals surface area contributed by atoms with Crippen LogP contribution < -0.4 is 4.74 Å². The number of methoxy groups -OCH3 is 1. The lowest BCUT2D eigenvalue weighted by atomic mass is 9.96. The highest BCUT2D eigenvalue weighted by atomic mass is 16.5. The molecular weight excluding hydrogens is 414 g/mol. The molecular formula is C27H33N3O3. The molecule has 2 aromatic carbocycles. The summed E-state index contributed by atoms with van der Waals surface area (Å²) in [5.41, 5.74) is 3.46. The Morgan fingerprint density at radius 1 is 0.879 bits per heavy atom. The maximum atomic E-state index is 10.5. The van der Waals surface area contributed by atoms with Gasteiger partial charge in [0.05, 0.1) is 44.4 Å². The van der Waals surface area contributed by atoms with Gasteiger partial charge in [0, 0.05) is 32.7 Å². The van der Waals surface area contributed by atoms with Crippen LogP contribution in [-0.4, -0.2) is 72.4 Å². The fourth-order valence-corrected chi connectivity index (χ4v) is 4.36. The number of aliphatic hydroxyl groups excluding tert-OH is 1. The van der Waals surface area contributed by atoms with Crippen LogP contribution in [0.5, 0.6) is 5.75 Å². The van der Waals surface area contributed by atoms with E-state index in [2.05, 4.69) is 75.4 Å². The molecule has 0 saturated carbocycles. The Balaban J connectivity index is 1.26. The number of rotatable bonds is 10. The average molecular weight is 448 g/mol. The SMILES string of the molecule is COc1ccc(COCC(O)CN2CCN(C(c3ccccc3)c3ccccc3)CC2)nc1. The summed E-state index contributed by atoms with van der Waals surface area (Å²) in [6.07, 6.45) is 1.15. The van der Waals surface area contributed by atoms with E-state index in [-0.39, 0.29) is 6.04 Å². The summed E-state index contributed by atoms with van der Waals surface area (Å²) in [7, 11) is 1.62. The van der Waals surface area contributed by atoms with Gasteiger partial charge in [0.1, 0.15) is 5.75 Å². The smallest absolute Gasteiger partial charge is 0.137 e. The van der Waals surface area contributed by atoms with E-state index in [0.29, 0.717) is 19.8 Å². The monoisotopic (exact) mass is 447 g/mol. The minimum Gasteiger partial charge on any atom is -0.495 e. The number of ether oxygens (including phenoxy) is 2. The molecule has 2 heterocycles. The van der Waals surface area contributed by atoms with Gasteiger partial charge in [0.25, 0.3) is 0 Å². The number of aliphatic hydroxyl groups is 1. The third kappa shape index (κ3) is 6.62. The predicted molar refractivity (Wildman–Crippen MR) is 129 cm³/mol. The molecule has 4 rings (SSSR count). The molecule has 1 saturated heterocycles. The summed E-state index contributed by atoms with van der Waals surface area (Å²) in [5, 5.41) is 10.5. The second kappa shape index (κ2) is 11.9. The van der Waals surface area contributed by atoms with E-state index >= 15 is 0 Å². The van der Waals surface area contributed by atoms with Gasteiger partial charge in [-0.05, 0) is 23.3 Å². The number of aromatic nitrogens is 1. The quantitative estimate of drug-likeness (QED) is 0.514. The van der Waals surface area contributed by atoms with E-state index in [0.717, 1.165) is 37.6 Å². The number of piperazine rings is 1. The number of β-amino-alcohol motifs (C(OH)–C–C–N with tert-alkyl or cyclic N) is 1. The standard InChI is InChI=1S/C27H33N3O3/c1-32-26-13-12-24(28-18-26)20-33-21-25(31)19-29-14-16-30(17-15-29)27(22-8-4-2-5-9-22)23-10-6-3-7-11-23/h2-13,18,25,27,31H,14-17,19-21H2,1H3. The topological polar surface area (TPSA) is 58.1 Å². The Morgan fingerprint density at radius 3 is 2.06 bits per heavy atom. The summed E-state index contributed by atoms with van der Waals surface area (Å²) in [6.45, 7) is 5.05. The van der Waals surface area contributed by atoms with Crippen LogP contribution in [-0.2, 0) is 11.3 Å². The first-order chi connectivity index (χ1) is 16.2. The number of nitrogens with zero attached hydrogens (tertiary/aromatic N) is 3. The van der Waals surface area contributed by atoms with Crippen LogP contribution in [0.15, 0.2) is 79.0 Å². The van der Waals surface area contributed by atoms with Gasteiger partial charge in [-0.1, -0.05) is 60.7 Å². The van der Waals surface area contributed by atoms with Gasteiger partial charge in [-0.2, -0.15) is 0 Å². The Kier molecular flexibility index (Phi) is 8.44. The Morgan fingerprint density at radius 2 is 1.52 bits per heavy atom. The molecule has 33 heavy (non-hydrogen) atoms. The highest BCUT2D eigenvalue weighted by Crippen LogP contribution is 2.29. The first-order valence-corrected chi connectivity index (χ1v) is 11.5. The van der Waals surface area contributed by atoms with Crippen LogP contribution in [0.2, 0.25) is 0 Å². The maximum absolute atomic E-state index is 10.5. The van der Waals surface area contributed by atoms with Gasteiger partial charge in [-0.15, -0.1) is 0 Å². The van der Waals surface area contributed by atoms with Crippen molar-refractivity contribution in [1.29, 1.82) is 0 Å². The first-order valence-electron chi connectivity index (χ1n) is 11.5. The van der Waals surface area contributed by atoms with Crippen molar-refractivity contribution in [3.8, 4) is 5.75 Å². The molecule has 0 spiro atoms. The Labute approximate surface area is 196 Å². The van der Waals surface area contributed by atoms with Gasteiger partial charge in [-0.3, -0.25) is 14.8 Å². The van der Waals surface area contributed by atoms with Crippen molar-refractivity contribution in [3.63, 3.8) is 0 Å². The van der Waals surface area contributed by atoms with Crippen molar-refractivity contribution in [3.05, 3.63) is 95.8 Å². The number of hydrogen-bond donors (Lipinski definition) is 1. The third-order valence-electron chi connectivity index (χ3n) is 6.07. The molecule has 1 fully saturated rings. The lowest BCUT2D eigenvalue weighted by Gasteiger charge is -2.40. The van der Waals surface area contributed by atoms with Gasteiger partial charge in [0.15, 0.2) is 0 Å². The summed E-state index contributed by atoms with van der Waals surface area (Å²) in [6, 6.07) is 25.4. The second-order valence-electron chi connectivity index (χ2n) is 8.42. The fraction of sp³-hybridized carbons (Fsp3) is 0.370. The predicted octanol–water partition coefficient (Wildman–Crippen LogP) is 3.37. The van der Waals surface area contributed by atoms with Crippen LogP contribution in [0.1, 0.15) is 22.9 Å². The van der Waals surface area contributed by atoms with Crippen LogP contribution in [0.3, 0.4) is 0 Å². The van der Waals surface area contributed by atoms with Crippen LogP contribution in [0.25, 0.3) is 0 Å². The highest BCUT2D eigenvalue weighted by Gasteiger charge is 2.27. The molecule has 1 aromatic heterocycles. The molecule has 174 valence electrons. The van der Waals surface area contributed by atoms with Crippen molar-refractivity contribution < 1.29 is 14.6 Å². The molecule has 6 nitrogen and oxygen atoms in total. The molecule has 1 N–H and O–H groups in total. The fourth-order valence-electron chi connectivity index (χ4n) is 4.36. The minimum atomic E-state index is -0.520. The van der Waals surface area contributed by atoms with Crippen molar-refractivity contribution >= 4 is 0 Å².